The summed E-state index contributed by atoms with van der Waals surface area (Å²) in [6.07, 6.45) is 1.33. The summed E-state index contributed by atoms with van der Waals surface area (Å²) in [5.74, 6) is -0.401. The van der Waals surface area contributed by atoms with Gasteiger partial charge in [-0.15, -0.1) is 11.3 Å². The number of aromatic nitrogens is 1. The molecule has 0 saturated heterocycles. The van der Waals surface area contributed by atoms with Gasteiger partial charge in [0.25, 0.3) is 5.91 Å². The molecule has 0 spiro atoms. The van der Waals surface area contributed by atoms with Crippen molar-refractivity contribution in [3.8, 4) is 28.7 Å². The second kappa shape index (κ2) is 8.96. The molecule has 31 heavy (non-hydrogen) atoms. The molecule has 2 aromatic heterocycles. The van der Waals surface area contributed by atoms with Crippen LogP contribution in [0.4, 0.5) is 9.52 Å². The van der Waals surface area contributed by atoms with Crippen LogP contribution in [0.15, 0.2) is 76.0 Å². The largest absolute Gasteiger partial charge is 0.457 e. The molecule has 8 heteroatoms. The van der Waals surface area contributed by atoms with E-state index in [1.165, 1.54) is 35.6 Å². The van der Waals surface area contributed by atoms with E-state index in [9.17, 15) is 14.4 Å². The first kappa shape index (κ1) is 20.5. The number of furan rings is 1. The highest BCUT2D eigenvalue weighted by Gasteiger charge is 2.14. The number of hydrogen-bond acceptors (Lipinski definition) is 5. The van der Waals surface area contributed by atoms with Crippen molar-refractivity contribution in [1.82, 2.24) is 4.98 Å². The fourth-order valence-corrected chi connectivity index (χ4v) is 3.66. The Labute approximate surface area is 186 Å². The van der Waals surface area contributed by atoms with Crippen LogP contribution in [-0.4, -0.2) is 10.9 Å². The number of carbonyl (C=O) groups is 1. The molecule has 2 aromatic carbocycles. The summed E-state index contributed by atoms with van der Waals surface area (Å²) in [6, 6.07) is 18.9. The summed E-state index contributed by atoms with van der Waals surface area (Å²) < 4.78 is 19.0. The van der Waals surface area contributed by atoms with Crippen LogP contribution in [0.2, 0.25) is 5.02 Å². The molecule has 0 unspecified atom stereocenters. The highest BCUT2D eigenvalue weighted by molar-refractivity contribution is 7.14. The molecule has 1 N–H and O–H groups in total. The zero-order chi connectivity index (χ0) is 21.8. The number of rotatable bonds is 5. The van der Waals surface area contributed by atoms with Crippen LogP contribution in [-0.2, 0) is 4.79 Å². The molecule has 152 valence electrons. The fourth-order valence-electron chi connectivity index (χ4n) is 2.76. The number of carbonyl (C=O) groups excluding carboxylic acids is 1. The van der Waals surface area contributed by atoms with Crippen molar-refractivity contribution in [1.29, 1.82) is 5.26 Å². The lowest BCUT2D eigenvalue weighted by molar-refractivity contribution is -0.112. The van der Waals surface area contributed by atoms with E-state index >= 15 is 0 Å². The van der Waals surface area contributed by atoms with Gasteiger partial charge in [-0.05, 0) is 30.3 Å². The average molecular weight is 450 g/mol. The fraction of sp³-hybridized carbons (Fsp3) is 0. The van der Waals surface area contributed by atoms with Crippen molar-refractivity contribution >= 4 is 40.1 Å². The zero-order valence-electron chi connectivity index (χ0n) is 15.8. The van der Waals surface area contributed by atoms with Crippen molar-refractivity contribution < 1.29 is 13.6 Å². The predicted octanol–water partition coefficient (Wildman–Crippen LogP) is 6.41. The minimum Gasteiger partial charge on any atom is -0.457 e. The van der Waals surface area contributed by atoms with E-state index in [4.69, 9.17) is 16.0 Å². The normalized spacial score (nSPS) is 11.2. The smallest absolute Gasteiger partial charge is 0.268 e. The predicted molar refractivity (Wildman–Crippen MR) is 119 cm³/mol. The highest BCUT2D eigenvalue weighted by Crippen LogP contribution is 2.28. The summed E-state index contributed by atoms with van der Waals surface area (Å²) >= 11 is 7.07. The third-order valence-electron chi connectivity index (χ3n) is 4.28. The van der Waals surface area contributed by atoms with E-state index in [1.807, 2.05) is 41.8 Å². The number of halogens is 2. The lowest BCUT2D eigenvalue weighted by atomic mass is 10.2. The quantitative estimate of drug-likeness (QED) is 0.282. The monoisotopic (exact) mass is 449 g/mol. The number of hydrogen-bond donors (Lipinski definition) is 1. The Hall–Kier alpha value is -3.73. The third-order valence-corrected chi connectivity index (χ3v) is 5.32. The van der Waals surface area contributed by atoms with Gasteiger partial charge in [-0.2, -0.15) is 5.26 Å². The first-order valence-corrected chi connectivity index (χ1v) is 10.3. The zero-order valence-corrected chi connectivity index (χ0v) is 17.4. The summed E-state index contributed by atoms with van der Waals surface area (Å²) in [7, 11) is 0. The molecule has 0 bridgehead atoms. The molecule has 0 atom stereocenters. The maximum Gasteiger partial charge on any atom is 0.268 e. The Balaban J connectivity index is 1.50. The van der Waals surface area contributed by atoms with Gasteiger partial charge in [0.05, 0.1) is 10.7 Å². The SMILES string of the molecule is N#CC(=Cc1ccc(-c2ccc(F)c(Cl)c2)o1)C(=O)Nc1nc(-c2ccccc2)cs1. The van der Waals surface area contributed by atoms with Gasteiger partial charge in [0.15, 0.2) is 5.13 Å². The van der Waals surface area contributed by atoms with Crippen molar-refractivity contribution in [2.75, 3.05) is 5.32 Å². The topological polar surface area (TPSA) is 78.9 Å². The van der Waals surface area contributed by atoms with Crippen LogP contribution in [0.25, 0.3) is 28.7 Å². The Morgan fingerprint density at radius 3 is 2.71 bits per heavy atom. The number of benzene rings is 2. The number of nitriles is 1. The maximum atomic E-state index is 13.3. The summed E-state index contributed by atoms with van der Waals surface area (Å²) in [6.45, 7) is 0. The van der Waals surface area contributed by atoms with Gasteiger partial charge in [0, 0.05) is 22.6 Å². The molecule has 0 aliphatic rings. The standard InChI is InChI=1S/C23H13ClFN3O2S/c24-18-11-15(6-8-19(18)25)21-9-7-17(30-21)10-16(12-26)22(29)28-23-27-20(13-31-23)14-4-2-1-3-5-14/h1-11,13H,(H,27,28,29). The number of nitrogens with zero attached hydrogens (tertiary/aromatic N) is 2. The van der Waals surface area contributed by atoms with E-state index in [-0.39, 0.29) is 10.6 Å². The molecule has 1 amide bonds. The van der Waals surface area contributed by atoms with Crippen molar-refractivity contribution in [3.05, 3.63) is 88.2 Å². The highest BCUT2D eigenvalue weighted by atomic mass is 35.5. The van der Waals surface area contributed by atoms with E-state index in [0.717, 1.165) is 11.3 Å². The number of thiazole rings is 1. The van der Waals surface area contributed by atoms with Crippen molar-refractivity contribution in [3.63, 3.8) is 0 Å². The first-order valence-electron chi connectivity index (χ1n) is 9.03. The molecular weight excluding hydrogens is 437 g/mol. The minimum atomic E-state index is -0.598. The van der Waals surface area contributed by atoms with Gasteiger partial charge in [-0.3, -0.25) is 10.1 Å². The lowest BCUT2D eigenvalue weighted by Gasteiger charge is -2.00. The van der Waals surface area contributed by atoms with Gasteiger partial charge in [0.1, 0.15) is 29.0 Å². The van der Waals surface area contributed by atoms with Crippen molar-refractivity contribution in [2.45, 2.75) is 0 Å². The first-order chi connectivity index (χ1) is 15.0. The third kappa shape index (κ3) is 4.72. The van der Waals surface area contributed by atoms with Crippen LogP contribution in [0.5, 0.6) is 0 Å². The molecule has 2 heterocycles. The second-order valence-electron chi connectivity index (χ2n) is 6.36. The molecular formula is C23H13ClFN3O2S. The minimum absolute atomic E-state index is 0.0265. The number of nitrogens with one attached hydrogen (secondary N) is 1. The molecule has 0 radical (unpaired) electrons. The number of anilines is 1. The average Bonchev–Trinajstić information content (AvgIpc) is 3.44. The van der Waals surface area contributed by atoms with Crippen LogP contribution in [0, 0.1) is 17.1 Å². The van der Waals surface area contributed by atoms with Crippen LogP contribution in [0.1, 0.15) is 5.76 Å². The molecule has 5 nitrogen and oxygen atoms in total. The van der Waals surface area contributed by atoms with E-state index in [2.05, 4.69) is 10.3 Å². The van der Waals surface area contributed by atoms with E-state index in [0.29, 0.717) is 22.2 Å². The molecule has 0 saturated carbocycles. The van der Waals surface area contributed by atoms with Gasteiger partial charge in [0.2, 0.25) is 0 Å². The summed E-state index contributed by atoms with van der Waals surface area (Å²) in [5.41, 5.74) is 2.09. The van der Waals surface area contributed by atoms with Crippen LogP contribution >= 0.6 is 22.9 Å². The lowest BCUT2D eigenvalue weighted by Crippen LogP contribution is -2.13. The van der Waals surface area contributed by atoms with Crippen LogP contribution < -0.4 is 5.32 Å². The summed E-state index contributed by atoms with van der Waals surface area (Å²) in [4.78, 5) is 16.9. The molecule has 0 aliphatic carbocycles. The van der Waals surface area contributed by atoms with E-state index in [1.54, 1.807) is 12.1 Å². The van der Waals surface area contributed by atoms with Crippen molar-refractivity contribution in [2.24, 2.45) is 0 Å². The Bertz CT molecular complexity index is 1320. The second-order valence-corrected chi connectivity index (χ2v) is 7.62. The Morgan fingerprint density at radius 1 is 1.16 bits per heavy atom. The maximum absolute atomic E-state index is 13.3. The molecule has 0 fully saturated rings. The van der Waals surface area contributed by atoms with Gasteiger partial charge in [-0.1, -0.05) is 41.9 Å². The van der Waals surface area contributed by atoms with Gasteiger partial charge < -0.3 is 4.42 Å². The number of amides is 1. The van der Waals surface area contributed by atoms with Crippen LogP contribution in [0.3, 0.4) is 0 Å². The molecule has 4 aromatic rings. The Morgan fingerprint density at radius 2 is 1.97 bits per heavy atom. The van der Waals surface area contributed by atoms with Gasteiger partial charge in [-0.25, -0.2) is 9.37 Å². The molecule has 0 aliphatic heterocycles. The Kier molecular flexibility index (Phi) is 5.94. The summed E-state index contributed by atoms with van der Waals surface area (Å²) in [5, 5.41) is 14.2. The molecule has 4 rings (SSSR count). The van der Waals surface area contributed by atoms with E-state index < -0.39 is 11.7 Å². The van der Waals surface area contributed by atoms with Gasteiger partial charge >= 0.3 is 0 Å².